The number of hydrogen-bond donors (Lipinski definition) is 1. The Hall–Kier alpha value is -2.28. The third-order valence-electron chi connectivity index (χ3n) is 6.11. The van der Waals surface area contributed by atoms with E-state index in [1.54, 1.807) is 21.3 Å². The monoisotopic (exact) mass is 404 g/mol. The summed E-state index contributed by atoms with van der Waals surface area (Å²) in [4.78, 5) is 27.9. The molecule has 0 bridgehead atoms. The van der Waals surface area contributed by atoms with Crippen LogP contribution in [0.3, 0.4) is 0 Å². The van der Waals surface area contributed by atoms with Crippen LogP contribution in [0.5, 0.6) is 11.5 Å². The molecule has 2 atom stereocenters. The van der Waals surface area contributed by atoms with E-state index in [0.717, 1.165) is 31.2 Å². The summed E-state index contributed by atoms with van der Waals surface area (Å²) in [7, 11) is 4.84. The molecule has 1 aromatic rings. The number of methoxy groups -OCH3 is 3. The van der Waals surface area contributed by atoms with Gasteiger partial charge in [0.2, 0.25) is 11.8 Å². The molecule has 0 aromatic heterocycles. The molecule has 7 heteroatoms. The number of hydrogen-bond acceptors (Lipinski definition) is 5. The Morgan fingerprint density at radius 3 is 2.52 bits per heavy atom. The zero-order valence-electron chi connectivity index (χ0n) is 17.6. The molecule has 7 nitrogen and oxygen atoms in total. The van der Waals surface area contributed by atoms with E-state index in [1.807, 2.05) is 23.1 Å². The predicted molar refractivity (Wildman–Crippen MR) is 109 cm³/mol. The Morgan fingerprint density at radius 2 is 1.86 bits per heavy atom. The van der Waals surface area contributed by atoms with Crippen LogP contribution in [0, 0.1) is 11.8 Å². The van der Waals surface area contributed by atoms with Crippen LogP contribution in [-0.2, 0) is 14.3 Å². The van der Waals surface area contributed by atoms with Crippen molar-refractivity contribution in [1.82, 2.24) is 10.2 Å². The summed E-state index contributed by atoms with van der Waals surface area (Å²) >= 11 is 0. The van der Waals surface area contributed by atoms with Crippen molar-refractivity contribution in [3.8, 4) is 11.5 Å². The van der Waals surface area contributed by atoms with Gasteiger partial charge in [-0.25, -0.2) is 0 Å². The van der Waals surface area contributed by atoms with Crippen LogP contribution in [0.25, 0.3) is 0 Å². The molecule has 1 aliphatic heterocycles. The van der Waals surface area contributed by atoms with E-state index in [4.69, 9.17) is 14.2 Å². The lowest BCUT2D eigenvalue weighted by molar-refractivity contribution is -0.134. The van der Waals surface area contributed by atoms with Crippen molar-refractivity contribution in [2.24, 2.45) is 11.8 Å². The lowest BCUT2D eigenvalue weighted by atomic mass is 9.87. The first-order valence-electron chi connectivity index (χ1n) is 10.4. The number of nitrogens with zero attached hydrogens (tertiary/aromatic N) is 1. The van der Waals surface area contributed by atoms with Crippen molar-refractivity contribution in [2.45, 2.75) is 31.6 Å². The van der Waals surface area contributed by atoms with Crippen molar-refractivity contribution in [2.75, 3.05) is 47.6 Å². The van der Waals surface area contributed by atoms with E-state index < -0.39 is 0 Å². The summed E-state index contributed by atoms with van der Waals surface area (Å²) in [5.41, 5.74) is 0.903. The summed E-state index contributed by atoms with van der Waals surface area (Å²) in [6.07, 6.45) is 4.12. The number of carbonyl (C=O) groups excluding carboxylic acids is 2. The highest BCUT2D eigenvalue weighted by Crippen LogP contribution is 2.40. The lowest BCUT2D eigenvalue weighted by Gasteiger charge is -2.21. The quantitative estimate of drug-likeness (QED) is 0.672. The minimum absolute atomic E-state index is 0.0568. The van der Waals surface area contributed by atoms with Gasteiger partial charge in [-0.2, -0.15) is 0 Å². The summed E-state index contributed by atoms with van der Waals surface area (Å²) in [5, 5.41) is 2.95. The molecule has 3 rings (SSSR count). The Kier molecular flexibility index (Phi) is 7.36. The van der Waals surface area contributed by atoms with Gasteiger partial charge in [0.05, 0.1) is 26.7 Å². The van der Waals surface area contributed by atoms with E-state index in [1.165, 1.54) is 0 Å². The van der Waals surface area contributed by atoms with Crippen LogP contribution < -0.4 is 14.8 Å². The lowest BCUT2D eigenvalue weighted by Crippen LogP contribution is -2.38. The van der Waals surface area contributed by atoms with Gasteiger partial charge in [-0.3, -0.25) is 9.59 Å². The first-order valence-corrected chi connectivity index (χ1v) is 10.4. The predicted octanol–water partition coefficient (Wildman–Crippen LogP) is 2.20. The first kappa shape index (κ1) is 21.4. The highest BCUT2D eigenvalue weighted by atomic mass is 16.5. The molecule has 1 saturated heterocycles. The Balaban J connectivity index is 1.86. The molecule has 2 amide bonds. The first-order chi connectivity index (χ1) is 14.1. The molecule has 0 unspecified atom stereocenters. The van der Waals surface area contributed by atoms with Crippen LogP contribution in [0.15, 0.2) is 18.2 Å². The Bertz CT molecular complexity index is 717. The summed E-state index contributed by atoms with van der Waals surface area (Å²) < 4.78 is 16.0. The number of nitrogens with one attached hydrogen (secondary N) is 1. The number of likely N-dealkylation sites (tertiary alicyclic amines) is 1. The maximum atomic E-state index is 13.0. The Labute approximate surface area is 172 Å². The molecule has 160 valence electrons. The van der Waals surface area contributed by atoms with Crippen LogP contribution in [0.4, 0.5) is 0 Å². The van der Waals surface area contributed by atoms with Gasteiger partial charge in [-0.1, -0.05) is 12.8 Å². The second-order valence-corrected chi connectivity index (χ2v) is 7.83. The molecule has 1 aromatic carbocycles. The average molecular weight is 405 g/mol. The zero-order valence-corrected chi connectivity index (χ0v) is 17.6. The van der Waals surface area contributed by atoms with Gasteiger partial charge in [-0.15, -0.1) is 0 Å². The van der Waals surface area contributed by atoms with E-state index in [9.17, 15) is 9.59 Å². The third kappa shape index (κ3) is 4.83. The van der Waals surface area contributed by atoms with Crippen molar-refractivity contribution in [1.29, 1.82) is 0 Å². The SMILES string of the molecule is COCCNC(=O)[C@H]1CN(C(=O)C2CCCC2)C[C@H]1c1cc(OC)ccc1OC. The molecule has 29 heavy (non-hydrogen) atoms. The highest BCUT2D eigenvalue weighted by Gasteiger charge is 2.43. The number of carbonyl (C=O) groups is 2. The van der Waals surface area contributed by atoms with Crippen molar-refractivity contribution < 1.29 is 23.8 Å². The molecular weight excluding hydrogens is 372 g/mol. The van der Waals surface area contributed by atoms with Crippen LogP contribution in [0.1, 0.15) is 37.2 Å². The van der Waals surface area contributed by atoms with Gasteiger partial charge in [0.15, 0.2) is 0 Å². The van der Waals surface area contributed by atoms with Gasteiger partial charge >= 0.3 is 0 Å². The standard InChI is InChI=1S/C22H32N2O5/c1-27-11-10-23-21(25)19-14-24(22(26)15-6-4-5-7-15)13-18(19)17-12-16(28-2)8-9-20(17)29-3/h8-9,12,15,18-19H,4-7,10-11,13-14H2,1-3H3,(H,23,25)/t18-,19-/m0/s1. The Morgan fingerprint density at radius 1 is 1.10 bits per heavy atom. The zero-order chi connectivity index (χ0) is 20.8. The second-order valence-electron chi connectivity index (χ2n) is 7.83. The largest absolute Gasteiger partial charge is 0.497 e. The molecule has 1 N–H and O–H groups in total. The number of amides is 2. The second kappa shape index (κ2) is 9.96. The minimum Gasteiger partial charge on any atom is -0.497 e. The topological polar surface area (TPSA) is 77.1 Å². The van der Waals surface area contributed by atoms with Crippen molar-refractivity contribution in [3.05, 3.63) is 23.8 Å². The molecule has 2 aliphatic rings. The fourth-order valence-electron chi connectivity index (χ4n) is 4.53. The van der Waals surface area contributed by atoms with Crippen LogP contribution in [-0.4, -0.2) is 64.3 Å². The van der Waals surface area contributed by atoms with E-state index in [0.29, 0.717) is 37.7 Å². The molecule has 0 radical (unpaired) electrons. The fourth-order valence-corrected chi connectivity index (χ4v) is 4.53. The maximum absolute atomic E-state index is 13.0. The smallest absolute Gasteiger partial charge is 0.225 e. The molecule has 0 spiro atoms. The van der Waals surface area contributed by atoms with Crippen LogP contribution >= 0.6 is 0 Å². The summed E-state index contributed by atoms with van der Waals surface area (Å²) in [6.45, 7) is 1.85. The van der Waals surface area contributed by atoms with E-state index >= 15 is 0 Å². The van der Waals surface area contributed by atoms with Gasteiger partial charge in [0.25, 0.3) is 0 Å². The molecule has 1 aliphatic carbocycles. The molecular formula is C22H32N2O5. The van der Waals surface area contributed by atoms with Crippen LogP contribution in [0.2, 0.25) is 0 Å². The van der Waals surface area contributed by atoms with Gasteiger partial charge < -0.3 is 24.4 Å². The molecule has 1 saturated carbocycles. The average Bonchev–Trinajstić information content (AvgIpc) is 3.43. The van der Waals surface area contributed by atoms with Crippen molar-refractivity contribution >= 4 is 11.8 Å². The van der Waals surface area contributed by atoms with Gasteiger partial charge in [0.1, 0.15) is 11.5 Å². The number of rotatable bonds is 8. The number of benzene rings is 1. The van der Waals surface area contributed by atoms with Gasteiger partial charge in [0, 0.05) is 44.1 Å². The minimum atomic E-state index is -0.335. The normalized spacial score (nSPS) is 22.0. The van der Waals surface area contributed by atoms with Crippen molar-refractivity contribution in [3.63, 3.8) is 0 Å². The third-order valence-corrected chi connectivity index (χ3v) is 6.11. The number of ether oxygens (including phenoxy) is 3. The summed E-state index contributed by atoms with van der Waals surface area (Å²) in [5.74, 6) is 1.16. The maximum Gasteiger partial charge on any atom is 0.225 e. The van der Waals surface area contributed by atoms with E-state index in [2.05, 4.69) is 5.32 Å². The van der Waals surface area contributed by atoms with Gasteiger partial charge in [-0.05, 0) is 31.0 Å². The molecule has 1 heterocycles. The molecule has 2 fully saturated rings. The van der Waals surface area contributed by atoms with E-state index in [-0.39, 0.29) is 29.6 Å². The highest BCUT2D eigenvalue weighted by molar-refractivity contribution is 5.84. The fraction of sp³-hybridized carbons (Fsp3) is 0.636. The summed E-state index contributed by atoms with van der Waals surface area (Å²) in [6, 6.07) is 5.62.